The Kier molecular flexibility index (Phi) is 6.01. The van der Waals surface area contributed by atoms with Crippen LogP contribution in [0.5, 0.6) is 6.01 Å². The van der Waals surface area contributed by atoms with Crippen LogP contribution < -0.4 is 10.1 Å². The van der Waals surface area contributed by atoms with Gasteiger partial charge in [-0.15, -0.1) is 5.10 Å². The number of nitrogens with one attached hydrogen (secondary N) is 1. The maximum absolute atomic E-state index is 12.7. The lowest BCUT2D eigenvalue weighted by Gasteiger charge is -2.19. The number of amides is 1. The third-order valence-electron chi connectivity index (χ3n) is 5.46. The number of ether oxygens (including phenoxy) is 1. The molecule has 1 aromatic heterocycles. The van der Waals surface area contributed by atoms with E-state index in [0.29, 0.717) is 23.1 Å². The Morgan fingerprint density at radius 3 is 2.12 bits per heavy atom. The number of methoxy groups -OCH3 is 1. The van der Waals surface area contributed by atoms with Crippen molar-refractivity contribution in [1.29, 1.82) is 0 Å². The van der Waals surface area contributed by atoms with E-state index in [1.807, 2.05) is 79.7 Å². The number of nitrogens with zero attached hydrogens (tertiary/aromatic N) is 3. The van der Waals surface area contributed by atoms with Crippen LogP contribution in [0.4, 0.5) is 5.69 Å². The van der Waals surface area contributed by atoms with Crippen molar-refractivity contribution in [3.63, 3.8) is 0 Å². The van der Waals surface area contributed by atoms with Gasteiger partial charge in [0.05, 0.1) is 12.8 Å². The van der Waals surface area contributed by atoms with Crippen LogP contribution in [0.3, 0.4) is 0 Å². The fourth-order valence-corrected chi connectivity index (χ4v) is 3.46. The number of carbonyl (C=O) groups is 1. The Bertz CT molecular complexity index is 1250. The summed E-state index contributed by atoms with van der Waals surface area (Å²) < 4.78 is 6.99. The summed E-state index contributed by atoms with van der Waals surface area (Å²) in [6.45, 7) is 8.50. The van der Waals surface area contributed by atoms with Gasteiger partial charge in [-0.1, -0.05) is 62.7 Å². The normalized spacial score (nSPS) is 11.3. The number of hydrogen-bond acceptors (Lipinski definition) is 4. The smallest absolute Gasteiger partial charge is 0.336 e. The Hall–Kier alpha value is -3.93. The summed E-state index contributed by atoms with van der Waals surface area (Å²) >= 11 is 0. The molecule has 0 saturated carbocycles. The topological polar surface area (TPSA) is 69.0 Å². The lowest BCUT2D eigenvalue weighted by atomic mass is 9.87. The molecular weight excluding hydrogens is 412 g/mol. The number of aromatic nitrogens is 3. The monoisotopic (exact) mass is 440 g/mol. The van der Waals surface area contributed by atoms with Crippen molar-refractivity contribution in [3.8, 4) is 23.1 Å². The minimum absolute atomic E-state index is 0.0479. The first-order valence-electron chi connectivity index (χ1n) is 10.8. The number of aryl methyl sites for hydroxylation is 1. The minimum Gasteiger partial charge on any atom is -0.466 e. The molecule has 0 fully saturated rings. The summed E-state index contributed by atoms with van der Waals surface area (Å²) in [5.74, 6) is 0.536. The van der Waals surface area contributed by atoms with Gasteiger partial charge in [0.2, 0.25) is 0 Å². The highest BCUT2D eigenvalue weighted by molar-refractivity contribution is 6.04. The lowest BCUT2D eigenvalue weighted by molar-refractivity contribution is 0.102. The van der Waals surface area contributed by atoms with Gasteiger partial charge in [-0.3, -0.25) is 4.79 Å². The van der Waals surface area contributed by atoms with E-state index in [2.05, 4.69) is 36.2 Å². The summed E-state index contributed by atoms with van der Waals surface area (Å²) in [4.78, 5) is 17.2. The molecule has 0 saturated heterocycles. The van der Waals surface area contributed by atoms with Crippen LogP contribution in [0.1, 0.15) is 42.3 Å². The number of rotatable bonds is 5. The van der Waals surface area contributed by atoms with E-state index in [4.69, 9.17) is 4.74 Å². The van der Waals surface area contributed by atoms with Crippen LogP contribution >= 0.6 is 0 Å². The maximum atomic E-state index is 12.7. The molecule has 6 heteroatoms. The summed E-state index contributed by atoms with van der Waals surface area (Å²) in [6.07, 6.45) is 0. The molecule has 0 bridgehead atoms. The zero-order chi connectivity index (χ0) is 23.6. The molecule has 0 atom stereocenters. The van der Waals surface area contributed by atoms with E-state index < -0.39 is 0 Å². The highest BCUT2D eigenvalue weighted by atomic mass is 16.5. The van der Waals surface area contributed by atoms with Crippen LogP contribution in [-0.4, -0.2) is 27.8 Å². The summed E-state index contributed by atoms with van der Waals surface area (Å²) in [5, 5.41) is 7.41. The predicted octanol–water partition coefficient (Wildman–Crippen LogP) is 5.80. The number of hydrogen-bond donors (Lipinski definition) is 1. The molecule has 168 valence electrons. The zero-order valence-electron chi connectivity index (χ0n) is 19.6. The van der Waals surface area contributed by atoms with Crippen molar-refractivity contribution >= 4 is 11.6 Å². The molecular formula is C27H28N4O2. The van der Waals surface area contributed by atoms with E-state index in [0.717, 1.165) is 11.3 Å². The SMILES string of the molecule is COc1nc(-c2ccc(C)cc2)n(-c2ccc(NC(=O)c3ccc(C(C)(C)C)cc3)cc2)n1. The van der Waals surface area contributed by atoms with E-state index >= 15 is 0 Å². The molecule has 0 aliphatic rings. The molecule has 1 heterocycles. The quantitative estimate of drug-likeness (QED) is 0.426. The summed E-state index contributed by atoms with van der Waals surface area (Å²) in [6, 6.07) is 23.6. The van der Waals surface area contributed by atoms with Gasteiger partial charge in [0, 0.05) is 16.8 Å². The summed E-state index contributed by atoms with van der Waals surface area (Å²) in [7, 11) is 1.55. The maximum Gasteiger partial charge on any atom is 0.336 e. The first kappa shape index (κ1) is 22.3. The molecule has 0 spiro atoms. The average Bonchev–Trinajstić information content (AvgIpc) is 3.24. The molecule has 4 rings (SSSR count). The van der Waals surface area contributed by atoms with Crippen LogP contribution in [0.25, 0.3) is 17.1 Å². The average molecular weight is 441 g/mol. The lowest BCUT2D eigenvalue weighted by Crippen LogP contribution is -2.14. The number of carbonyl (C=O) groups excluding carboxylic acids is 1. The third-order valence-corrected chi connectivity index (χ3v) is 5.46. The Balaban J connectivity index is 1.55. The van der Waals surface area contributed by atoms with E-state index in [9.17, 15) is 4.79 Å². The van der Waals surface area contributed by atoms with Gasteiger partial charge in [-0.25, -0.2) is 4.68 Å². The van der Waals surface area contributed by atoms with Gasteiger partial charge in [0.15, 0.2) is 5.82 Å². The standard InChI is InChI=1S/C27H28N4O2/c1-18-6-8-19(9-7-18)24-29-26(33-5)30-31(24)23-16-14-22(15-17-23)28-25(32)20-10-12-21(13-11-20)27(2,3)4/h6-17H,1-5H3,(H,28,32). The number of anilines is 1. The van der Waals surface area contributed by atoms with Crippen molar-refractivity contribution in [2.45, 2.75) is 33.1 Å². The van der Waals surface area contributed by atoms with Gasteiger partial charge in [-0.05, 0) is 54.3 Å². The Morgan fingerprint density at radius 2 is 1.55 bits per heavy atom. The molecule has 0 aliphatic heterocycles. The van der Waals surface area contributed by atoms with Gasteiger partial charge in [0.1, 0.15) is 0 Å². The minimum atomic E-state index is -0.147. The van der Waals surface area contributed by atoms with Crippen molar-refractivity contribution in [2.24, 2.45) is 0 Å². The molecule has 6 nitrogen and oxygen atoms in total. The molecule has 0 radical (unpaired) electrons. The second kappa shape index (κ2) is 8.90. The van der Waals surface area contributed by atoms with Gasteiger partial charge < -0.3 is 10.1 Å². The predicted molar refractivity (Wildman–Crippen MR) is 131 cm³/mol. The second-order valence-electron chi connectivity index (χ2n) is 9.03. The van der Waals surface area contributed by atoms with Crippen molar-refractivity contribution in [1.82, 2.24) is 14.8 Å². The van der Waals surface area contributed by atoms with Crippen LogP contribution in [0.2, 0.25) is 0 Å². The Labute approximate surface area is 194 Å². The largest absolute Gasteiger partial charge is 0.466 e. The zero-order valence-corrected chi connectivity index (χ0v) is 19.6. The van der Waals surface area contributed by atoms with Crippen molar-refractivity contribution in [2.75, 3.05) is 12.4 Å². The van der Waals surface area contributed by atoms with E-state index in [1.54, 1.807) is 11.8 Å². The fourth-order valence-electron chi connectivity index (χ4n) is 3.46. The molecule has 33 heavy (non-hydrogen) atoms. The van der Waals surface area contributed by atoms with Crippen LogP contribution in [-0.2, 0) is 5.41 Å². The van der Waals surface area contributed by atoms with Gasteiger partial charge >= 0.3 is 6.01 Å². The molecule has 1 amide bonds. The molecule has 0 aliphatic carbocycles. The Morgan fingerprint density at radius 1 is 0.909 bits per heavy atom. The summed E-state index contributed by atoms with van der Waals surface area (Å²) in [5.41, 5.74) is 5.48. The van der Waals surface area contributed by atoms with E-state index in [1.165, 1.54) is 11.1 Å². The first-order valence-corrected chi connectivity index (χ1v) is 10.8. The van der Waals surface area contributed by atoms with Gasteiger partial charge in [-0.2, -0.15) is 4.98 Å². The first-order chi connectivity index (χ1) is 15.7. The molecule has 1 N–H and O–H groups in total. The fraction of sp³-hybridized carbons (Fsp3) is 0.222. The van der Waals surface area contributed by atoms with Gasteiger partial charge in [0.25, 0.3) is 5.91 Å². The number of benzene rings is 3. The van der Waals surface area contributed by atoms with E-state index in [-0.39, 0.29) is 11.3 Å². The van der Waals surface area contributed by atoms with Crippen molar-refractivity contribution in [3.05, 3.63) is 89.5 Å². The highest BCUT2D eigenvalue weighted by Crippen LogP contribution is 2.25. The van der Waals surface area contributed by atoms with Crippen molar-refractivity contribution < 1.29 is 9.53 Å². The molecule has 4 aromatic rings. The van der Waals surface area contributed by atoms with Crippen LogP contribution in [0, 0.1) is 6.92 Å². The molecule has 3 aromatic carbocycles. The second-order valence-corrected chi connectivity index (χ2v) is 9.03. The molecule has 0 unspecified atom stereocenters. The van der Waals surface area contributed by atoms with Crippen LogP contribution in [0.15, 0.2) is 72.8 Å². The highest BCUT2D eigenvalue weighted by Gasteiger charge is 2.16. The third kappa shape index (κ3) is 4.95.